The van der Waals surface area contributed by atoms with E-state index in [2.05, 4.69) is 4.90 Å². The first kappa shape index (κ1) is 14.9. The molecule has 4 nitrogen and oxygen atoms in total. The molecule has 0 saturated carbocycles. The normalized spacial score (nSPS) is 15.4. The van der Waals surface area contributed by atoms with Crippen molar-refractivity contribution in [1.29, 1.82) is 0 Å². The van der Waals surface area contributed by atoms with Gasteiger partial charge in [0.25, 0.3) is 0 Å². The second kappa shape index (κ2) is 7.29. The maximum absolute atomic E-state index is 12.1. The smallest absolute Gasteiger partial charge is 0.222 e. The Morgan fingerprint density at radius 2 is 2.10 bits per heavy atom. The number of carbonyl (C=O) groups excluding carboxylic acids is 1. The zero-order valence-electron chi connectivity index (χ0n) is 12.2. The SMILES string of the molecule is CN(Cc1cccc(O)c1)C(=O)CCCN1CCCC1. The highest BCUT2D eigenvalue weighted by Gasteiger charge is 2.13. The van der Waals surface area contributed by atoms with Crippen LogP contribution in [0.15, 0.2) is 24.3 Å². The van der Waals surface area contributed by atoms with Gasteiger partial charge in [0.2, 0.25) is 5.91 Å². The van der Waals surface area contributed by atoms with Crippen molar-refractivity contribution in [3.8, 4) is 5.75 Å². The highest BCUT2D eigenvalue weighted by atomic mass is 16.3. The van der Waals surface area contributed by atoms with Crippen molar-refractivity contribution in [2.24, 2.45) is 0 Å². The average Bonchev–Trinajstić information content (AvgIpc) is 2.91. The monoisotopic (exact) mass is 276 g/mol. The minimum atomic E-state index is 0.174. The summed E-state index contributed by atoms with van der Waals surface area (Å²) in [6.07, 6.45) is 4.13. The van der Waals surface area contributed by atoms with E-state index in [-0.39, 0.29) is 11.7 Å². The molecule has 1 aromatic rings. The van der Waals surface area contributed by atoms with E-state index in [1.54, 1.807) is 23.1 Å². The predicted molar refractivity (Wildman–Crippen MR) is 79.5 cm³/mol. The Labute approximate surface area is 121 Å². The summed E-state index contributed by atoms with van der Waals surface area (Å²) in [5, 5.41) is 9.42. The number of aromatic hydroxyl groups is 1. The number of amides is 1. The van der Waals surface area contributed by atoms with Gasteiger partial charge in [-0.2, -0.15) is 0 Å². The molecule has 1 amide bonds. The summed E-state index contributed by atoms with van der Waals surface area (Å²) in [7, 11) is 1.82. The standard InChI is InChI=1S/C16H24N2O2/c1-17(13-14-6-4-7-15(19)12-14)16(20)8-5-11-18-9-2-3-10-18/h4,6-7,12,19H,2-3,5,8-11,13H2,1H3. The number of phenolic OH excluding ortho intramolecular Hbond substituents is 1. The van der Waals surface area contributed by atoms with Gasteiger partial charge in [0.15, 0.2) is 0 Å². The van der Waals surface area contributed by atoms with Crippen LogP contribution in [0.3, 0.4) is 0 Å². The molecule has 1 fully saturated rings. The fourth-order valence-electron chi connectivity index (χ4n) is 2.67. The number of hydrogen-bond acceptors (Lipinski definition) is 3. The fraction of sp³-hybridized carbons (Fsp3) is 0.562. The third-order valence-electron chi connectivity index (χ3n) is 3.82. The van der Waals surface area contributed by atoms with Gasteiger partial charge in [0.1, 0.15) is 5.75 Å². The fourth-order valence-corrected chi connectivity index (χ4v) is 2.67. The molecule has 0 bridgehead atoms. The summed E-state index contributed by atoms with van der Waals surface area (Å²) in [6.45, 7) is 3.96. The van der Waals surface area contributed by atoms with Crippen LogP contribution in [-0.4, -0.2) is 47.5 Å². The largest absolute Gasteiger partial charge is 0.508 e. The van der Waals surface area contributed by atoms with E-state index in [1.807, 2.05) is 13.1 Å². The van der Waals surface area contributed by atoms with Crippen LogP contribution in [0.4, 0.5) is 0 Å². The van der Waals surface area contributed by atoms with Crippen LogP contribution in [0.1, 0.15) is 31.2 Å². The summed E-state index contributed by atoms with van der Waals surface area (Å²) in [6, 6.07) is 7.07. The van der Waals surface area contributed by atoms with E-state index >= 15 is 0 Å². The average molecular weight is 276 g/mol. The maximum atomic E-state index is 12.1. The second-order valence-corrected chi connectivity index (χ2v) is 5.57. The summed E-state index contributed by atoms with van der Waals surface area (Å²) in [5.74, 6) is 0.421. The van der Waals surface area contributed by atoms with Crippen molar-refractivity contribution in [2.75, 3.05) is 26.7 Å². The van der Waals surface area contributed by atoms with Gasteiger partial charge in [0, 0.05) is 20.0 Å². The summed E-state index contributed by atoms with van der Waals surface area (Å²) < 4.78 is 0. The first-order valence-electron chi connectivity index (χ1n) is 7.39. The molecule has 0 radical (unpaired) electrons. The molecule has 1 aliphatic rings. The van der Waals surface area contributed by atoms with Gasteiger partial charge in [0.05, 0.1) is 0 Å². The van der Waals surface area contributed by atoms with E-state index in [1.165, 1.54) is 25.9 Å². The van der Waals surface area contributed by atoms with Gasteiger partial charge < -0.3 is 14.9 Å². The Hall–Kier alpha value is -1.55. The Bertz CT molecular complexity index is 442. The zero-order chi connectivity index (χ0) is 14.4. The first-order valence-corrected chi connectivity index (χ1v) is 7.39. The second-order valence-electron chi connectivity index (χ2n) is 5.57. The highest BCUT2D eigenvalue weighted by Crippen LogP contribution is 2.13. The van der Waals surface area contributed by atoms with Crippen molar-refractivity contribution in [2.45, 2.75) is 32.2 Å². The molecule has 1 aromatic carbocycles. The molecule has 0 spiro atoms. The van der Waals surface area contributed by atoms with E-state index < -0.39 is 0 Å². The van der Waals surface area contributed by atoms with Crippen LogP contribution in [0.2, 0.25) is 0 Å². The molecule has 0 aromatic heterocycles. The lowest BCUT2D eigenvalue weighted by Gasteiger charge is -2.19. The van der Waals surface area contributed by atoms with Gasteiger partial charge in [-0.25, -0.2) is 0 Å². The first-order chi connectivity index (χ1) is 9.65. The zero-order valence-corrected chi connectivity index (χ0v) is 12.2. The third kappa shape index (κ3) is 4.53. The predicted octanol–water partition coefficient (Wildman–Crippen LogP) is 2.23. The van der Waals surface area contributed by atoms with Crippen LogP contribution < -0.4 is 0 Å². The van der Waals surface area contributed by atoms with Gasteiger partial charge in [-0.15, -0.1) is 0 Å². The van der Waals surface area contributed by atoms with Gasteiger partial charge in [-0.05, 0) is 56.6 Å². The quantitative estimate of drug-likeness (QED) is 0.866. The molecule has 110 valence electrons. The number of rotatable bonds is 6. The van der Waals surface area contributed by atoms with Gasteiger partial charge in [-0.3, -0.25) is 4.79 Å². The molecule has 0 atom stereocenters. The number of likely N-dealkylation sites (tertiary alicyclic amines) is 1. The van der Waals surface area contributed by atoms with Crippen molar-refractivity contribution >= 4 is 5.91 Å². The van der Waals surface area contributed by atoms with Crippen LogP contribution in [0.25, 0.3) is 0 Å². The highest BCUT2D eigenvalue weighted by molar-refractivity contribution is 5.75. The van der Waals surface area contributed by atoms with Crippen molar-refractivity contribution < 1.29 is 9.90 Å². The maximum Gasteiger partial charge on any atom is 0.222 e. The van der Waals surface area contributed by atoms with Crippen molar-refractivity contribution in [3.63, 3.8) is 0 Å². The molecule has 1 N–H and O–H groups in total. The number of benzene rings is 1. The van der Waals surface area contributed by atoms with Crippen molar-refractivity contribution in [3.05, 3.63) is 29.8 Å². The lowest BCUT2D eigenvalue weighted by Crippen LogP contribution is -2.27. The number of nitrogens with zero attached hydrogens (tertiary/aromatic N) is 2. The van der Waals surface area contributed by atoms with Crippen LogP contribution in [0, 0.1) is 0 Å². The van der Waals surface area contributed by atoms with Crippen molar-refractivity contribution in [1.82, 2.24) is 9.80 Å². The summed E-state index contributed by atoms with van der Waals surface area (Å²) in [5.41, 5.74) is 0.959. The topological polar surface area (TPSA) is 43.8 Å². The number of hydrogen-bond donors (Lipinski definition) is 1. The molecule has 1 saturated heterocycles. The molecule has 20 heavy (non-hydrogen) atoms. The minimum absolute atomic E-state index is 0.174. The molecule has 0 aliphatic carbocycles. The minimum Gasteiger partial charge on any atom is -0.508 e. The molecule has 0 unspecified atom stereocenters. The van der Waals surface area contributed by atoms with E-state index in [0.29, 0.717) is 13.0 Å². The van der Waals surface area contributed by atoms with E-state index in [4.69, 9.17) is 0 Å². The number of phenols is 1. The summed E-state index contributed by atoms with van der Waals surface area (Å²) in [4.78, 5) is 16.2. The van der Waals surface area contributed by atoms with E-state index in [0.717, 1.165) is 18.5 Å². The lowest BCUT2D eigenvalue weighted by atomic mass is 10.2. The number of carbonyl (C=O) groups is 1. The van der Waals surface area contributed by atoms with Crippen LogP contribution in [0.5, 0.6) is 5.75 Å². The molecule has 2 rings (SSSR count). The van der Waals surface area contributed by atoms with E-state index in [9.17, 15) is 9.90 Å². The van der Waals surface area contributed by atoms with Crippen LogP contribution >= 0.6 is 0 Å². The lowest BCUT2D eigenvalue weighted by molar-refractivity contribution is -0.130. The molecule has 1 heterocycles. The Morgan fingerprint density at radius 3 is 2.80 bits per heavy atom. The molecular formula is C16H24N2O2. The summed E-state index contributed by atoms with van der Waals surface area (Å²) >= 11 is 0. The molecular weight excluding hydrogens is 252 g/mol. The Kier molecular flexibility index (Phi) is 5.41. The molecule has 1 aliphatic heterocycles. The van der Waals surface area contributed by atoms with Crippen LogP contribution in [-0.2, 0) is 11.3 Å². The van der Waals surface area contributed by atoms with Gasteiger partial charge in [-0.1, -0.05) is 12.1 Å². The Morgan fingerprint density at radius 1 is 1.35 bits per heavy atom. The molecule has 4 heteroatoms. The Balaban J connectivity index is 1.71. The third-order valence-corrected chi connectivity index (χ3v) is 3.82. The van der Waals surface area contributed by atoms with Gasteiger partial charge >= 0.3 is 0 Å².